The van der Waals surface area contributed by atoms with Crippen molar-refractivity contribution < 1.29 is 0 Å². The third-order valence-electron chi connectivity index (χ3n) is 2.04. The number of dihydropyridines is 1. The van der Waals surface area contributed by atoms with Gasteiger partial charge >= 0.3 is 0 Å². The maximum atomic E-state index is 3.76. The monoisotopic (exact) mass is 191 g/mol. The highest BCUT2D eigenvalue weighted by Crippen LogP contribution is 2.18. The van der Waals surface area contributed by atoms with Crippen molar-refractivity contribution in [1.29, 1.82) is 0 Å². The van der Waals surface area contributed by atoms with Crippen LogP contribution in [0.25, 0.3) is 0 Å². The summed E-state index contributed by atoms with van der Waals surface area (Å²) in [5.41, 5.74) is 3.60. The molecule has 0 atom stereocenters. The van der Waals surface area contributed by atoms with Gasteiger partial charge in [0.1, 0.15) is 0 Å². The van der Waals surface area contributed by atoms with Crippen LogP contribution in [0.1, 0.15) is 33.6 Å². The van der Waals surface area contributed by atoms with Crippen molar-refractivity contribution in [3.63, 3.8) is 0 Å². The lowest BCUT2D eigenvalue weighted by molar-refractivity contribution is 0.860. The summed E-state index contributed by atoms with van der Waals surface area (Å²) in [5.74, 6) is 0. The van der Waals surface area contributed by atoms with Crippen molar-refractivity contribution in [2.75, 3.05) is 0 Å². The van der Waals surface area contributed by atoms with Gasteiger partial charge < -0.3 is 5.32 Å². The summed E-state index contributed by atoms with van der Waals surface area (Å²) in [4.78, 5) is 0. The van der Waals surface area contributed by atoms with Crippen LogP contribution in [0, 0.1) is 0 Å². The standard InChI is InChI=1S/C11H15N.C2H6/c1-4-9-7-8-10(5-2)12-11(9)6-3;1-2/h4,6,8,12H,1,3,5,7H2,2H3;1-2H3. The van der Waals surface area contributed by atoms with Crippen LogP contribution in [0.2, 0.25) is 0 Å². The minimum atomic E-state index is 0.973. The molecule has 0 saturated heterocycles. The molecule has 1 heteroatoms. The van der Waals surface area contributed by atoms with Crippen molar-refractivity contribution in [2.24, 2.45) is 0 Å². The fraction of sp³-hybridized carbons (Fsp3) is 0.385. The Bertz CT molecular complexity index is 256. The number of nitrogens with one attached hydrogen (secondary N) is 1. The third-order valence-corrected chi connectivity index (χ3v) is 2.04. The molecule has 0 bridgehead atoms. The van der Waals surface area contributed by atoms with E-state index in [2.05, 4.69) is 31.5 Å². The lowest BCUT2D eigenvalue weighted by Crippen LogP contribution is -2.16. The molecule has 0 fully saturated rings. The van der Waals surface area contributed by atoms with Gasteiger partial charge in [-0.05, 0) is 24.5 Å². The van der Waals surface area contributed by atoms with Gasteiger partial charge in [0.15, 0.2) is 0 Å². The zero-order chi connectivity index (χ0) is 11.0. The van der Waals surface area contributed by atoms with Crippen molar-refractivity contribution in [3.8, 4) is 0 Å². The fourth-order valence-corrected chi connectivity index (χ4v) is 1.26. The van der Waals surface area contributed by atoms with E-state index in [4.69, 9.17) is 0 Å². The fourth-order valence-electron chi connectivity index (χ4n) is 1.26. The lowest BCUT2D eigenvalue weighted by atomic mass is 10.0. The molecular formula is C13H21N. The van der Waals surface area contributed by atoms with Gasteiger partial charge in [-0.15, -0.1) is 0 Å². The van der Waals surface area contributed by atoms with Crippen LogP contribution in [0.3, 0.4) is 0 Å². The minimum Gasteiger partial charge on any atom is -0.359 e. The highest BCUT2D eigenvalue weighted by Gasteiger charge is 2.06. The molecule has 1 rings (SSSR count). The van der Waals surface area contributed by atoms with Gasteiger partial charge in [-0.3, -0.25) is 0 Å². The number of allylic oxidation sites excluding steroid dienone is 5. The Morgan fingerprint density at radius 2 is 2.00 bits per heavy atom. The Morgan fingerprint density at radius 3 is 2.43 bits per heavy atom. The van der Waals surface area contributed by atoms with E-state index in [1.807, 2.05) is 26.0 Å². The topological polar surface area (TPSA) is 12.0 Å². The Labute approximate surface area is 87.9 Å². The Kier molecular flexibility index (Phi) is 6.55. The van der Waals surface area contributed by atoms with Gasteiger partial charge in [-0.25, -0.2) is 0 Å². The normalized spacial score (nSPS) is 14.6. The van der Waals surface area contributed by atoms with E-state index in [-0.39, 0.29) is 0 Å². The van der Waals surface area contributed by atoms with Crippen LogP contribution < -0.4 is 5.32 Å². The van der Waals surface area contributed by atoms with Gasteiger partial charge in [0.25, 0.3) is 0 Å². The molecule has 0 aromatic rings. The molecule has 1 heterocycles. The first-order chi connectivity index (χ1) is 6.81. The summed E-state index contributed by atoms with van der Waals surface area (Å²) in [5, 5.41) is 3.31. The molecule has 0 aromatic heterocycles. The Hall–Kier alpha value is -1.24. The second-order valence-electron chi connectivity index (χ2n) is 2.76. The van der Waals surface area contributed by atoms with Crippen molar-refractivity contribution in [2.45, 2.75) is 33.6 Å². The lowest BCUT2D eigenvalue weighted by Gasteiger charge is -2.18. The largest absolute Gasteiger partial charge is 0.359 e. The van der Waals surface area contributed by atoms with Gasteiger partial charge in [-0.1, -0.05) is 46.1 Å². The quantitative estimate of drug-likeness (QED) is 0.712. The molecule has 1 nitrogen and oxygen atoms in total. The van der Waals surface area contributed by atoms with Crippen LogP contribution in [0.5, 0.6) is 0 Å². The molecule has 0 spiro atoms. The van der Waals surface area contributed by atoms with Crippen LogP contribution >= 0.6 is 0 Å². The summed E-state index contributed by atoms with van der Waals surface area (Å²) >= 11 is 0. The van der Waals surface area contributed by atoms with Crippen molar-refractivity contribution in [1.82, 2.24) is 5.32 Å². The smallest absolute Gasteiger partial charge is 0.0411 e. The number of hydrogen-bond donors (Lipinski definition) is 1. The van der Waals surface area contributed by atoms with Gasteiger partial charge in [0, 0.05) is 11.4 Å². The first kappa shape index (κ1) is 12.8. The minimum absolute atomic E-state index is 0.973. The van der Waals surface area contributed by atoms with E-state index in [1.54, 1.807) is 0 Å². The average Bonchev–Trinajstić information content (AvgIpc) is 2.30. The predicted octanol–water partition coefficient (Wildman–Crippen LogP) is 3.93. The first-order valence-electron chi connectivity index (χ1n) is 5.25. The second-order valence-corrected chi connectivity index (χ2v) is 2.76. The zero-order valence-corrected chi connectivity index (χ0v) is 9.56. The van der Waals surface area contributed by atoms with Crippen LogP contribution in [-0.4, -0.2) is 0 Å². The van der Waals surface area contributed by atoms with E-state index in [1.165, 1.54) is 11.3 Å². The van der Waals surface area contributed by atoms with Gasteiger partial charge in [0.2, 0.25) is 0 Å². The van der Waals surface area contributed by atoms with Crippen molar-refractivity contribution >= 4 is 0 Å². The zero-order valence-electron chi connectivity index (χ0n) is 9.56. The van der Waals surface area contributed by atoms with E-state index in [0.717, 1.165) is 18.5 Å². The summed E-state index contributed by atoms with van der Waals surface area (Å²) in [7, 11) is 0. The second kappa shape index (κ2) is 7.19. The Balaban J connectivity index is 0.000000791. The first-order valence-corrected chi connectivity index (χ1v) is 5.25. The van der Waals surface area contributed by atoms with E-state index in [9.17, 15) is 0 Å². The van der Waals surface area contributed by atoms with Gasteiger partial charge in [0.05, 0.1) is 0 Å². The molecule has 1 aliphatic heterocycles. The molecule has 0 unspecified atom stereocenters. The summed E-state index contributed by atoms with van der Waals surface area (Å²) in [6.45, 7) is 13.7. The summed E-state index contributed by atoms with van der Waals surface area (Å²) in [6, 6.07) is 0. The molecule has 14 heavy (non-hydrogen) atoms. The molecule has 78 valence electrons. The van der Waals surface area contributed by atoms with Crippen molar-refractivity contribution in [3.05, 3.63) is 48.4 Å². The van der Waals surface area contributed by atoms with Gasteiger partial charge in [-0.2, -0.15) is 0 Å². The molecule has 0 amide bonds. The molecule has 0 aliphatic carbocycles. The van der Waals surface area contributed by atoms with E-state index >= 15 is 0 Å². The molecule has 0 aromatic carbocycles. The maximum Gasteiger partial charge on any atom is 0.0411 e. The predicted molar refractivity (Wildman–Crippen MR) is 64.9 cm³/mol. The highest BCUT2D eigenvalue weighted by atomic mass is 14.9. The molecule has 0 radical (unpaired) electrons. The van der Waals surface area contributed by atoms with E-state index < -0.39 is 0 Å². The number of hydrogen-bond acceptors (Lipinski definition) is 1. The number of rotatable bonds is 3. The SMILES string of the molecule is C=CC1=C(C=C)NC(CC)=CC1.CC. The Morgan fingerprint density at radius 1 is 1.36 bits per heavy atom. The summed E-state index contributed by atoms with van der Waals surface area (Å²) in [6.07, 6.45) is 7.94. The van der Waals surface area contributed by atoms with E-state index in [0.29, 0.717) is 0 Å². The molecule has 1 N–H and O–H groups in total. The summed E-state index contributed by atoms with van der Waals surface area (Å²) < 4.78 is 0. The van der Waals surface area contributed by atoms with Crippen LogP contribution in [-0.2, 0) is 0 Å². The molecule has 0 saturated carbocycles. The maximum absolute atomic E-state index is 3.76. The average molecular weight is 191 g/mol. The van der Waals surface area contributed by atoms with Crippen LogP contribution in [0.15, 0.2) is 48.4 Å². The van der Waals surface area contributed by atoms with Crippen LogP contribution in [0.4, 0.5) is 0 Å². The molecular weight excluding hydrogens is 170 g/mol. The third kappa shape index (κ3) is 3.25. The highest BCUT2D eigenvalue weighted by molar-refractivity contribution is 5.37. The molecule has 1 aliphatic rings.